The van der Waals surface area contributed by atoms with Crippen molar-refractivity contribution in [3.05, 3.63) is 29.8 Å². The van der Waals surface area contributed by atoms with E-state index < -0.39 is 12.1 Å². The number of halogens is 1. The number of unbranched alkanes of at least 4 members (excludes halogenated alkanes) is 1. The van der Waals surface area contributed by atoms with Crippen LogP contribution in [0, 0.1) is 0 Å². The number of anilines is 1. The molecule has 1 amide bonds. The van der Waals surface area contributed by atoms with Gasteiger partial charge in [0, 0.05) is 12.1 Å². The van der Waals surface area contributed by atoms with Crippen LogP contribution in [0.15, 0.2) is 24.3 Å². The molecule has 21 heavy (non-hydrogen) atoms. The van der Waals surface area contributed by atoms with Gasteiger partial charge in [0.2, 0.25) is 5.91 Å². The van der Waals surface area contributed by atoms with Crippen molar-refractivity contribution in [2.24, 2.45) is 0 Å². The molecular formula is C15H19FNNaO3. The molecule has 0 fully saturated rings. The van der Waals surface area contributed by atoms with Gasteiger partial charge in [-0.1, -0.05) is 25.5 Å². The van der Waals surface area contributed by atoms with E-state index in [4.69, 9.17) is 0 Å². The summed E-state index contributed by atoms with van der Waals surface area (Å²) in [5.41, 5.74) is 0.605. The van der Waals surface area contributed by atoms with Crippen LogP contribution in [0.5, 0.6) is 0 Å². The van der Waals surface area contributed by atoms with Crippen LogP contribution in [-0.2, 0) is 4.79 Å². The van der Waals surface area contributed by atoms with Crippen molar-refractivity contribution in [3.63, 3.8) is 0 Å². The number of carboxylic acids is 1. The predicted octanol–water partition coefficient (Wildman–Crippen LogP) is -0.699. The zero-order valence-electron chi connectivity index (χ0n) is 12.5. The van der Waals surface area contributed by atoms with Crippen LogP contribution in [0.1, 0.15) is 49.4 Å². The normalized spacial score (nSPS) is 11.3. The molecule has 0 radical (unpaired) electrons. The summed E-state index contributed by atoms with van der Waals surface area (Å²) in [5.74, 6) is -1.40. The Bertz CT molecular complexity index is 451. The maximum Gasteiger partial charge on any atom is 1.00 e. The first-order valence-corrected chi connectivity index (χ1v) is 6.78. The maximum atomic E-state index is 13.0. The second-order valence-electron chi connectivity index (χ2n) is 4.66. The third-order valence-corrected chi connectivity index (χ3v) is 3.02. The molecule has 0 saturated heterocycles. The molecular weight excluding hydrogens is 284 g/mol. The summed E-state index contributed by atoms with van der Waals surface area (Å²) in [5, 5.41) is 13.2. The first-order valence-electron chi connectivity index (χ1n) is 6.78. The average Bonchev–Trinajstić information content (AvgIpc) is 2.43. The zero-order valence-corrected chi connectivity index (χ0v) is 14.5. The Balaban J connectivity index is 0.00000400. The van der Waals surface area contributed by atoms with E-state index in [1.807, 2.05) is 0 Å². The number of alkyl halides is 1. The molecule has 110 valence electrons. The predicted molar refractivity (Wildman–Crippen MR) is 73.1 cm³/mol. The van der Waals surface area contributed by atoms with Crippen LogP contribution in [0.2, 0.25) is 0 Å². The van der Waals surface area contributed by atoms with E-state index >= 15 is 0 Å². The molecule has 1 rings (SSSR count). The van der Waals surface area contributed by atoms with E-state index in [2.05, 4.69) is 5.32 Å². The molecule has 1 atom stereocenters. The standard InChI is InChI=1S/C15H20FNO3.Na/c1-2-12(16)5-3-4-6-14(18)17-13-9-7-11(8-10-13)15(19)20;/h7-10,12H,2-6H2,1H3,(H,17,18)(H,19,20);/q;+1/p-1. The molecule has 0 aromatic heterocycles. The Hall–Kier alpha value is -0.910. The van der Waals surface area contributed by atoms with Crippen molar-refractivity contribution in [3.8, 4) is 0 Å². The minimum atomic E-state index is -1.25. The number of rotatable bonds is 8. The van der Waals surface area contributed by atoms with Crippen molar-refractivity contribution in [1.29, 1.82) is 0 Å². The smallest absolute Gasteiger partial charge is 0.545 e. The Morgan fingerprint density at radius 3 is 2.38 bits per heavy atom. The summed E-state index contributed by atoms with van der Waals surface area (Å²) < 4.78 is 13.0. The monoisotopic (exact) mass is 303 g/mol. The fourth-order valence-electron chi connectivity index (χ4n) is 1.77. The van der Waals surface area contributed by atoms with Crippen LogP contribution < -0.4 is 40.0 Å². The average molecular weight is 303 g/mol. The molecule has 0 aliphatic rings. The number of carboxylic acid groups (broad SMARTS) is 1. The largest absolute Gasteiger partial charge is 1.00 e. The van der Waals surface area contributed by atoms with Crippen LogP contribution in [0.3, 0.4) is 0 Å². The summed E-state index contributed by atoms with van der Waals surface area (Å²) in [7, 11) is 0. The van der Waals surface area contributed by atoms with E-state index in [1.165, 1.54) is 24.3 Å². The topological polar surface area (TPSA) is 69.2 Å². The molecule has 6 heteroatoms. The summed E-state index contributed by atoms with van der Waals surface area (Å²) in [4.78, 5) is 22.2. The second kappa shape index (κ2) is 10.8. The van der Waals surface area contributed by atoms with E-state index in [0.717, 1.165) is 0 Å². The second-order valence-corrected chi connectivity index (χ2v) is 4.66. The molecule has 4 nitrogen and oxygen atoms in total. The Morgan fingerprint density at radius 1 is 1.24 bits per heavy atom. The van der Waals surface area contributed by atoms with Crippen LogP contribution in [-0.4, -0.2) is 18.0 Å². The summed E-state index contributed by atoms with van der Waals surface area (Å²) >= 11 is 0. The van der Waals surface area contributed by atoms with Gasteiger partial charge in [-0.05, 0) is 37.0 Å². The molecule has 1 unspecified atom stereocenters. The van der Waals surface area contributed by atoms with Crippen molar-refractivity contribution in [2.75, 3.05) is 5.32 Å². The Kier molecular flexibility index (Phi) is 10.3. The minimum absolute atomic E-state index is 0. The van der Waals surface area contributed by atoms with Gasteiger partial charge in [-0.25, -0.2) is 4.39 Å². The molecule has 1 aromatic rings. The fraction of sp³-hybridized carbons (Fsp3) is 0.467. The van der Waals surface area contributed by atoms with E-state index in [1.54, 1.807) is 6.92 Å². The van der Waals surface area contributed by atoms with Crippen molar-refractivity contribution >= 4 is 17.6 Å². The van der Waals surface area contributed by atoms with Gasteiger partial charge < -0.3 is 15.2 Å². The maximum absolute atomic E-state index is 13.0. The summed E-state index contributed by atoms with van der Waals surface area (Å²) in [6.07, 6.45) is 1.88. The van der Waals surface area contributed by atoms with Crippen LogP contribution in [0.25, 0.3) is 0 Å². The van der Waals surface area contributed by atoms with Gasteiger partial charge in [0.25, 0.3) is 0 Å². The van der Waals surface area contributed by atoms with Crippen molar-refractivity contribution < 1.29 is 48.6 Å². The molecule has 0 heterocycles. The first-order chi connectivity index (χ1) is 9.52. The third kappa shape index (κ3) is 8.19. The zero-order chi connectivity index (χ0) is 15.0. The van der Waals surface area contributed by atoms with Crippen LogP contribution >= 0.6 is 0 Å². The van der Waals surface area contributed by atoms with Gasteiger partial charge in [-0.3, -0.25) is 4.79 Å². The summed E-state index contributed by atoms with van der Waals surface area (Å²) in [6.45, 7) is 1.80. The number of hydrogen-bond acceptors (Lipinski definition) is 3. The fourth-order valence-corrected chi connectivity index (χ4v) is 1.77. The molecule has 0 spiro atoms. The molecule has 0 aliphatic heterocycles. The van der Waals surface area contributed by atoms with Gasteiger partial charge in [0.1, 0.15) is 0 Å². The number of benzene rings is 1. The quantitative estimate of drug-likeness (QED) is 0.510. The SMILES string of the molecule is CCC(F)CCCCC(=O)Nc1ccc(C(=O)[O-])cc1.[Na+]. The van der Waals surface area contributed by atoms with Gasteiger partial charge >= 0.3 is 29.6 Å². The van der Waals surface area contributed by atoms with Gasteiger partial charge in [-0.2, -0.15) is 0 Å². The molecule has 0 aliphatic carbocycles. The Labute approximate surface area is 146 Å². The van der Waals surface area contributed by atoms with E-state index in [9.17, 15) is 19.1 Å². The van der Waals surface area contributed by atoms with Gasteiger partial charge in [0.05, 0.1) is 12.1 Å². The number of amides is 1. The van der Waals surface area contributed by atoms with Crippen molar-refractivity contribution in [2.45, 2.75) is 45.2 Å². The molecule has 0 saturated carbocycles. The van der Waals surface area contributed by atoms with Gasteiger partial charge in [-0.15, -0.1) is 0 Å². The van der Waals surface area contributed by atoms with E-state index in [0.29, 0.717) is 37.8 Å². The minimum Gasteiger partial charge on any atom is -0.545 e. The van der Waals surface area contributed by atoms with Crippen LogP contribution in [0.4, 0.5) is 10.1 Å². The molecule has 1 aromatic carbocycles. The van der Waals surface area contributed by atoms with E-state index in [-0.39, 0.29) is 41.0 Å². The number of aromatic carboxylic acids is 1. The number of carbonyl (C=O) groups is 2. The van der Waals surface area contributed by atoms with Crippen molar-refractivity contribution in [1.82, 2.24) is 0 Å². The first kappa shape index (κ1) is 20.1. The van der Waals surface area contributed by atoms with Gasteiger partial charge in [0.15, 0.2) is 0 Å². The number of nitrogens with one attached hydrogen (secondary N) is 1. The molecule has 1 N–H and O–H groups in total. The molecule has 0 bridgehead atoms. The Morgan fingerprint density at radius 2 is 1.86 bits per heavy atom. The number of hydrogen-bond donors (Lipinski definition) is 1. The number of carbonyl (C=O) groups excluding carboxylic acids is 2. The third-order valence-electron chi connectivity index (χ3n) is 3.02. The summed E-state index contributed by atoms with van der Waals surface area (Å²) in [6, 6.07) is 5.77.